The summed E-state index contributed by atoms with van der Waals surface area (Å²) in [5.41, 5.74) is 1.11. The summed E-state index contributed by atoms with van der Waals surface area (Å²) >= 11 is 0. The summed E-state index contributed by atoms with van der Waals surface area (Å²) in [7, 11) is -4.73. The van der Waals surface area contributed by atoms with Crippen LogP contribution in [0.1, 0.15) is 26.3 Å². The van der Waals surface area contributed by atoms with Crippen LogP contribution in [0.2, 0.25) is 0 Å². The number of nitrogens with zero attached hydrogens (tertiary/aromatic N) is 1. The molecule has 3 aromatic carbocycles. The summed E-state index contributed by atoms with van der Waals surface area (Å²) in [6.07, 6.45) is 0. The Kier molecular flexibility index (Phi) is 5.24. The van der Waals surface area contributed by atoms with Crippen molar-refractivity contribution in [2.45, 2.75) is 11.4 Å². The quantitative estimate of drug-likeness (QED) is 0.343. The van der Waals surface area contributed by atoms with Gasteiger partial charge in [-0.2, -0.15) is 0 Å². The number of amides is 2. The number of carbonyl (C=O) groups is 2. The first-order valence-corrected chi connectivity index (χ1v) is 9.20. The van der Waals surface area contributed by atoms with Crippen LogP contribution in [0.15, 0.2) is 65.6 Å². The minimum absolute atomic E-state index is 0. The van der Waals surface area contributed by atoms with E-state index in [2.05, 4.69) is 0 Å². The van der Waals surface area contributed by atoms with E-state index >= 15 is 0 Å². The molecule has 0 fully saturated rings. The molecular formula is C19H12NNaO5S. The molecule has 0 saturated carbocycles. The molecule has 1 aliphatic rings. The van der Waals surface area contributed by atoms with Gasteiger partial charge in [-0.15, -0.1) is 0 Å². The Bertz CT molecular complexity index is 1180. The molecule has 0 N–H and O–H groups in total. The van der Waals surface area contributed by atoms with Crippen LogP contribution in [0.4, 0.5) is 0 Å². The normalized spacial score (nSPS) is 13.6. The molecular weight excluding hydrogens is 377 g/mol. The van der Waals surface area contributed by atoms with E-state index in [4.69, 9.17) is 0 Å². The SMILES string of the molecule is O=C1c2cccc3cc(S(=O)(=O)[O-])cc(c23)C(=O)N1Cc1ccccc1.[Na+]. The van der Waals surface area contributed by atoms with Crippen LogP contribution in [0.5, 0.6) is 0 Å². The summed E-state index contributed by atoms with van der Waals surface area (Å²) in [6, 6.07) is 16.0. The molecule has 0 radical (unpaired) electrons. The van der Waals surface area contributed by atoms with Crippen molar-refractivity contribution >= 4 is 32.7 Å². The zero-order chi connectivity index (χ0) is 18.5. The first kappa shape index (κ1) is 19.7. The molecule has 2 amide bonds. The first-order valence-electron chi connectivity index (χ1n) is 7.79. The Balaban J connectivity index is 0.00000210. The summed E-state index contributed by atoms with van der Waals surface area (Å²) in [6.45, 7) is 0.0582. The molecule has 0 saturated heterocycles. The second-order valence-electron chi connectivity index (χ2n) is 6.01. The summed E-state index contributed by atoms with van der Waals surface area (Å²) in [5.74, 6) is -1.07. The van der Waals surface area contributed by atoms with Gasteiger partial charge in [0.2, 0.25) is 0 Å². The second kappa shape index (κ2) is 7.18. The van der Waals surface area contributed by atoms with Gasteiger partial charge < -0.3 is 4.55 Å². The zero-order valence-electron chi connectivity index (χ0n) is 14.4. The molecule has 3 aromatic rings. The smallest absolute Gasteiger partial charge is 0.744 e. The summed E-state index contributed by atoms with van der Waals surface area (Å²) in [5, 5.41) is 0.745. The fourth-order valence-electron chi connectivity index (χ4n) is 3.18. The van der Waals surface area contributed by atoms with E-state index in [9.17, 15) is 22.6 Å². The monoisotopic (exact) mass is 389 g/mol. The number of benzene rings is 3. The molecule has 6 nitrogen and oxygen atoms in total. The van der Waals surface area contributed by atoms with Crippen LogP contribution in [0.3, 0.4) is 0 Å². The number of carbonyl (C=O) groups excluding carboxylic acids is 2. The van der Waals surface area contributed by atoms with Crippen molar-refractivity contribution in [2.75, 3.05) is 0 Å². The molecule has 0 aliphatic carbocycles. The first-order chi connectivity index (χ1) is 12.4. The number of rotatable bonds is 3. The molecule has 0 spiro atoms. The third-order valence-corrected chi connectivity index (χ3v) is 5.19. The van der Waals surface area contributed by atoms with Gasteiger partial charge in [0.15, 0.2) is 0 Å². The third kappa shape index (κ3) is 3.44. The van der Waals surface area contributed by atoms with Gasteiger partial charge in [0.25, 0.3) is 11.8 Å². The van der Waals surface area contributed by atoms with Gasteiger partial charge in [-0.1, -0.05) is 42.5 Å². The van der Waals surface area contributed by atoms with E-state index in [1.54, 1.807) is 42.5 Å². The minimum atomic E-state index is -4.73. The van der Waals surface area contributed by atoms with Crippen LogP contribution in [-0.4, -0.2) is 29.7 Å². The number of imide groups is 1. The van der Waals surface area contributed by atoms with Crippen molar-refractivity contribution in [2.24, 2.45) is 0 Å². The van der Waals surface area contributed by atoms with Gasteiger partial charge in [-0.05, 0) is 29.1 Å². The van der Waals surface area contributed by atoms with Gasteiger partial charge in [0.05, 0.1) is 11.4 Å². The molecule has 1 heterocycles. The largest absolute Gasteiger partial charge is 1.00 e. The molecule has 0 aromatic heterocycles. The zero-order valence-corrected chi connectivity index (χ0v) is 17.2. The van der Waals surface area contributed by atoms with Crippen molar-refractivity contribution in [3.63, 3.8) is 0 Å². The Morgan fingerprint density at radius 3 is 2.19 bits per heavy atom. The molecule has 8 heteroatoms. The Morgan fingerprint density at radius 1 is 0.852 bits per heavy atom. The van der Waals surface area contributed by atoms with Crippen LogP contribution >= 0.6 is 0 Å². The fraction of sp³-hybridized carbons (Fsp3) is 0.0526. The maximum Gasteiger partial charge on any atom is 1.00 e. The van der Waals surface area contributed by atoms with Crippen molar-refractivity contribution in [3.05, 3.63) is 77.4 Å². The molecule has 4 rings (SSSR count). The number of hydrogen-bond donors (Lipinski definition) is 0. The van der Waals surface area contributed by atoms with Gasteiger partial charge in [-0.3, -0.25) is 14.5 Å². The van der Waals surface area contributed by atoms with E-state index in [0.717, 1.165) is 16.5 Å². The third-order valence-electron chi connectivity index (χ3n) is 4.37. The maximum atomic E-state index is 12.9. The average molecular weight is 389 g/mol. The molecule has 0 atom stereocenters. The van der Waals surface area contributed by atoms with Crippen LogP contribution in [0, 0.1) is 0 Å². The van der Waals surface area contributed by atoms with Crippen molar-refractivity contribution in [1.29, 1.82) is 0 Å². The topological polar surface area (TPSA) is 94.6 Å². The Hall–Kier alpha value is -2.03. The van der Waals surface area contributed by atoms with Crippen molar-refractivity contribution < 1.29 is 52.1 Å². The molecule has 130 valence electrons. The van der Waals surface area contributed by atoms with Gasteiger partial charge >= 0.3 is 29.6 Å². The van der Waals surface area contributed by atoms with Crippen molar-refractivity contribution in [3.8, 4) is 0 Å². The Morgan fingerprint density at radius 2 is 1.52 bits per heavy atom. The summed E-state index contributed by atoms with van der Waals surface area (Å²) in [4.78, 5) is 26.3. The van der Waals surface area contributed by atoms with Crippen molar-refractivity contribution in [1.82, 2.24) is 4.90 Å². The molecule has 0 bridgehead atoms. The maximum absolute atomic E-state index is 12.9. The standard InChI is InChI=1S/C19H13NO5S.Na/c21-18-15-8-4-7-13-9-14(26(23,24)25)10-16(17(13)15)19(22)20(18)11-12-5-2-1-3-6-12;/h1-10H,11H2,(H,23,24,25);/q;+1/p-1. The predicted octanol–water partition coefficient (Wildman–Crippen LogP) is -0.456. The van der Waals surface area contributed by atoms with Crippen LogP contribution in [0.25, 0.3) is 10.8 Å². The van der Waals surface area contributed by atoms with E-state index < -0.39 is 26.8 Å². The van der Waals surface area contributed by atoms with Gasteiger partial charge in [0, 0.05) is 16.5 Å². The van der Waals surface area contributed by atoms with E-state index in [-0.39, 0.29) is 41.7 Å². The molecule has 27 heavy (non-hydrogen) atoms. The molecule has 0 unspecified atom stereocenters. The predicted molar refractivity (Wildman–Crippen MR) is 92.6 cm³/mol. The van der Waals surface area contributed by atoms with E-state index in [1.165, 1.54) is 6.07 Å². The van der Waals surface area contributed by atoms with Crippen LogP contribution in [-0.2, 0) is 16.7 Å². The minimum Gasteiger partial charge on any atom is -0.744 e. The van der Waals surface area contributed by atoms with Gasteiger partial charge in [-0.25, -0.2) is 8.42 Å². The van der Waals surface area contributed by atoms with E-state index in [1.807, 2.05) is 6.07 Å². The second-order valence-corrected chi connectivity index (χ2v) is 7.39. The Labute approximate surface area is 177 Å². The van der Waals surface area contributed by atoms with Crippen LogP contribution < -0.4 is 29.6 Å². The molecule has 1 aliphatic heterocycles. The fourth-order valence-corrected chi connectivity index (χ4v) is 3.72. The van der Waals surface area contributed by atoms with Gasteiger partial charge in [0.1, 0.15) is 10.1 Å². The number of hydrogen-bond acceptors (Lipinski definition) is 5. The average Bonchev–Trinajstić information content (AvgIpc) is 2.62. The van der Waals surface area contributed by atoms with E-state index in [0.29, 0.717) is 16.3 Å². The summed E-state index contributed by atoms with van der Waals surface area (Å²) < 4.78 is 34.3.